The van der Waals surface area contributed by atoms with Gasteiger partial charge >= 0.3 is 0 Å². The van der Waals surface area contributed by atoms with Crippen LogP contribution in [0.4, 0.5) is 0 Å². The molecule has 0 aromatic heterocycles. The first-order valence-corrected chi connectivity index (χ1v) is 5.42. The van der Waals surface area contributed by atoms with E-state index < -0.39 is 0 Å². The first-order valence-electron chi connectivity index (χ1n) is 3.83. The molecule has 0 saturated heterocycles. The normalized spacial score (nSPS) is 15.1. The third-order valence-electron chi connectivity index (χ3n) is 1.91. The van der Waals surface area contributed by atoms with Crippen LogP contribution in [0.25, 0.3) is 0 Å². The van der Waals surface area contributed by atoms with Crippen molar-refractivity contribution in [1.82, 2.24) is 0 Å². The highest BCUT2D eigenvalue weighted by Gasteiger charge is 2.19. The molecule has 1 aromatic carbocycles. The van der Waals surface area contributed by atoms with Gasteiger partial charge in [-0.1, -0.05) is 0 Å². The molecular weight excluding hydrogens is 300 g/mol. The third kappa shape index (κ3) is 1.65. The summed E-state index contributed by atoms with van der Waals surface area (Å²) in [6.07, 6.45) is 0.473. The Bertz CT molecular complexity index is 374. The maximum absolute atomic E-state index is 11.4. The second-order valence-corrected chi connectivity index (χ2v) is 4.49. The fourth-order valence-corrected chi connectivity index (χ4v) is 1.92. The van der Waals surface area contributed by atoms with Gasteiger partial charge in [0.05, 0.1) is 12.2 Å². The first-order chi connectivity index (χ1) is 6.18. The van der Waals surface area contributed by atoms with Gasteiger partial charge in [-0.25, -0.2) is 0 Å². The molecule has 1 aliphatic rings. The summed E-state index contributed by atoms with van der Waals surface area (Å²) in [5.74, 6) is 0.820. The molecule has 0 saturated carbocycles. The smallest absolute Gasteiger partial charge is 0.170 e. The summed E-state index contributed by atoms with van der Waals surface area (Å²) in [4.78, 5) is 11.4. The summed E-state index contributed by atoms with van der Waals surface area (Å²) in [5.41, 5.74) is 0.668. The van der Waals surface area contributed by atoms with Gasteiger partial charge in [0.15, 0.2) is 5.78 Å². The zero-order valence-electron chi connectivity index (χ0n) is 6.64. The number of carbonyl (C=O) groups excluding carboxylic acids is 1. The van der Waals surface area contributed by atoms with Crippen molar-refractivity contribution in [1.29, 1.82) is 0 Å². The second kappa shape index (κ2) is 3.42. The molecular formula is C9H6Br2O2. The predicted octanol–water partition coefficient (Wildman–Crippen LogP) is 3.18. The lowest BCUT2D eigenvalue weighted by molar-refractivity contribution is 0.0933. The first kappa shape index (κ1) is 9.21. The largest absolute Gasteiger partial charge is 0.492 e. The summed E-state index contributed by atoms with van der Waals surface area (Å²) in [6.45, 7) is 0.486. The molecule has 2 nitrogen and oxygen atoms in total. The molecule has 0 N–H and O–H groups in total. The van der Waals surface area contributed by atoms with Crippen molar-refractivity contribution in [3.05, 3.63) is 26.6 Å². The van der Waals surface area contributed by atoms with Crippen LogP contribution in [0.2, 0.25) is 0 Å². The number of hydrogen-bond donors (Lipinski definition) is 0. The minimum absolute atomic E-state index is 0.148. The molecule has 0 aliphatic carbocycles. The van der Waals surface area contributed by atoms with Crippen LogP contribution in [0.15, 0.2) is 21.1 Å². The molecule has 68 valence electrons. The SMILES string of the molecule is O=C1CCOc2cc(Br)c(Br)cc21. The van der Waals surface area contributed by atoms with Crippen molar-refractivity contribution in [2.45, 2.75) is 6.42 Å². The number of carbonyl (C=O) groups is 1. The van der Waals surface area contributed by atoms with Crippen molar-refractivity contribution in [3.8, 4) is 5.75 Å². The number of ketones is 1. The van der Waals surface area contributed by atoms with Crippen molar-refractivity contribution in [2.75, 3.05) is 6.61 Å². The van der Waals surface area contributed by atoms with Gasteiger partial charge in [-0.15, -0.1) is 0 Å². The van der Waals surface area contributed by atoms with Crippen molar-refractivity contribution in [2.24, 2.45) is 0 Å². The number of benzene rings is 1. The quantitative estimate of drug-likeness (QED) is 0.736. The fraction of sp³-hybridized carbons (Fsp3) is 0.222. The van der Waals surface area contributed by atoms with E-state index in [-0.39, 0.29) is 5.78 Å². The Morgan fingerprint density at radius 3 is 2.69 bits per heavy atom. The molecule has 4 heteroatoms. The number of ether oxygens (including phenoxy) is 1. The minimum Gasteiger partial charge on any atom is -0.492 e. The molecule has 0 fully saturated rings. The molecule has 2 rings (SSSR count). The predicted molar refractivity (Wildman–Crippen MR) is 56.3 cm³/mol. The average molecular weight is 306 g/mol. The van der Waals surface area contributed by atoms with Crippen molar-refractivity contribution >= 4 is 37.6 Å². The van der Waals surface area contributed by atoms with E-state index in [9.17, 15) is 4.79 Å². The molecule has 0 unspecified atom stereocenters. The molecule has 0 atom stereocenters. The highest BCUT2D eigenvalue weighted by molar-refractivity contribution is 9.13. The van der Waals surface area contributed by atoms with Crippen LogP contribution in [0.1, 0.15) is 16.8 Å². The standard InChI is InChI=1S/C9H6Br2O2/c10-6-3-5-8(12)1-2-13-9(5)4-7(6)11/h3-4H,1-2H2. The number of halogens is 2. The molecule has 0 spiro atoms. The van der Waals surface area contributed by atoms with E-state index in [2.05, 4.69) is 31.9 Å². The van der Waals surface area contributed by atoms with Crippen molar-refractivity contribution in [3.63, 3.8) is 0 Å². The zero-order chi connectivity index (χ0) is 9.42. The number of hydrogen-bond acceptors (Lipinski definition) is 2. The Morgan fingerprint density at radius 2 is 1.92 bits per heavy atom. The van der Waals surface area contributed by atoms with E-state index in [1.807, 2.05) is 6.07 Å². The molecule has 13 heavy (non-hydrogen) atoms. The zero-order valence-corrected chi connectivity index (χ0v) is 9.81. The topological polar surface area (TPSA) is 26.3 Å². The van der Waals surface area contributed by atoms with Gasteiger partial charge in [-0.2, -0.15) is 0 Å². The van der Waals surface area contributed by atoms with Crippen LogP contribution < -0.4 is 4.74 Å². The van der Waals surface area contributed by atoms with Gasteiger partial charge in [0.2, 0.25) is 0 Å². The summed E-state index contributed by atoms with van der Waals surface area (Å²) in [6, 6.07) is 3.61. The maximum Gasteiger partial charge on any atom is 0.170 e. The second-order valence-electron chi connectivity index (χ2n) is 2.78. The van der Waals surface area contributed by atoms with Crippen LogP contribution in [-0.4, -0.2) is 12.4 Å². The van der Waals surface area contributed by atoms with Crippen molar-refractivity contribution < 1.29 is 9.53 Å². The van der Waals surface area contributed by atoms with Gasteiger partial charge < -0.3 is 4.74 Å². The van der Waals surface area contributed by atoms with E-state index in [0.717, 1.165) is 8.95 Å². The van der Waals surface area contributed by atoms with E-state index in [0.29, 0.717) is 24.3 Å². The highest BCUT2D eigenvalue weighted by atomic mass is 79.9. The van der Waals surface area contributed by atoms with Crippen LogP contribution in [0.3, 0.4) is 0 Å². The lowest BCUT2D eigenvalue weighted by Crippen LogP contribution is -2.15. The van der Waals surface area contributed by atoms with Gasteiger partial charge in [0.1, 0.15) is 5.75 Å². The number of Topliss-reactive ketones (excluding diaryl/α,β-unsaturated/α-hetero) is 1. The van der Waals surface area contributed by atoms with E-state index >= 15 is 0 Å². The Balaban J connectivity index is 2.58. The van der Waals surface area contributed by atoms with Crippen LogP contribution in [0.5, 0.6) is 5.75 Å². The van der Waals surface area contributed by atoms with Gasteiger partial charge in [0, 0.05) is 15.4 Å². The van der Waals surface area contributed by atoms with Crippen LogP contribution >= 0.6 is 31.9 Å². The molecule has 1 aliphatic heterocycles. The average Bonchev–Trinajstić information content (AvgIpc) is 2.09. The molecule has 1 heterocycles. The van der Waals surface area contributed by atoms with Gasteiger partial charge in [-0.05, 0) is 44.0 Å². The summed E-state index contributed by atoms with van der Waals surface area (Å²) in [7, 11) is 0. The summed E-state index contributed by atoms with van der Waals surface area (Å²) < 4.78 is 7.14. The summed E-state index contributed by atoms with van der Waals surface area (Å²) in [5, 5.41) is 0. The van der Waals surface area contributed by atoms with E-state index in [4.69, 9.17) is 4.74 Å². The third-order valence-corrected chi connectivity index (χ3v) is 3.75. The van der Waals surface area contributed by atoms with Gasteiger partial charge in [-0.3, -0.25) is 4.79 Å². The molecule has 0 radical (unpaired) electrons. The maximum atomic E-state index is 11.4. The lowest BCUT2D eigenvalue weighted by atomic mass is 10.1. The Kier molecular flexibility index (Phi) is 2.43. The monoisotopic (exact) mass is 304 g/mol. The Hall–Kier alpha value is -0.350. The van der Waals surface area contributed by atoms with Crippen LogP contribution in [0, 0.1) is 0 Å². The molecule has 0 amide bonds. The fourth-order valence-electron chi connectivity index (χ4n) is 1.25. The van der Waals surface area contributed by atoms with Gasteiger partial charge in [0.25, 0.3) is 0 Å². The molecule has 1 aromatic rings. The number of fused-ring (bicyclic) bond motifs is 1. The minimum atomic E-state index is 0.148. The lowest BCUT2D eigenvalue weighted by Gasteiger charge is -2.16. The summed E-state index contributed by atoms with van der Waals surface area (Å²) >= 11 is 6.70. The Morgan fingerprint density at radius 1 is 1.23 bits per heavy atom. The Labute approximate surface area is 92.5 Å². The number of rotatable bonds is 0. The van der Waals surface area contributed by atoms with E-state index in [1.54, 1.807) is 6.07 Å². The van der Waals surface area contributed by atoms with Crippen LogP contribution in [-0.2, 0) is 0 Å². The highest BCUT2D eigenvalue weighted by Crippen LogP contribution is 2.33. The molecule has 0 bridgehead atoms. The van der Waals surface area contributed by atoms with E-state index in [1.165, 1.54) is 0 Å².